The normalized spacial score (nSPS) is 11.6. The fourth-order valence-corrected chi connectivity index (χ4v) is 2.99. The van der Waals surface area contributed by atoms with Crippen LogP contribution in [0.25, 0.3) is 11.1 Å². The van der Waals surface area contributed by atoms with Crippen LogP contribution >= 0.6 is 11.8 Å². The molecule has 21 heavy (non-hydrogen) atoms. The summed E-state index contributed by atoms with van der Waals surface area (Å²) in [6, 6.07) is 16.1. The number of thioether (sulfide) groups is 1. The molecular formula is C17H20N2OS. The second-order valence-corrected chi connectivity index (χ2v) is 5.89. The van der Waals surface area contributed by atoms with Crippen molar-refractivity contribution >= 4 is 17.6 Å². The van der Waals surface area contributed by atoms with Crippen molar-refractivity contribution in [3.63, 3.8) is 0 Å². The number of rotatable bonds is 6. The second kappa shape index (κ2) is 7.74. The molecule has 0 bridgehead atoms. The molecule has 0 atom stereocenters. The van der Waals surface area contributed by atoms with Crippen LogP contribution in [0.4, 0.5) is 0 Å². The molecule has 110 valence electrons. The molecule has 3 N–H and O–H groups in total. The van der Waals surface area contributed by atoms with Gasteiger partial charge >= 0.3 is 0 Å². The van der Waals surface area contributed by atoms with E-state index in [0.29, 0.717) is 0 Å². The van der Waals surface area contributed by atoms with Gasteiger partial charge in [-0.15, -0.1) is 0 Å². The van der Waals surface area contributed by atoms with Crippen molar-refractivity contribution in [2.45, 2.75) is 19.1 Å². The summed E-state index contributed by atoms with van der Waals surface area (Å²) in [7, 11) is 0. The minimum absolute atomic E-state index is 0.133. The third kappa shape index (κ3) is 4.02. The van der Waals surface area contributed by atoms with Gasteiger partial charge in [0.15, 0.2) is 5.84 Å². The zero-order valence-electron chi connectivity index (χ0n) is 12.1. The predicted octanol–water partition coefficient (Wildman–Crippen LogP) is 4.09. The van der Waals surface area contributed by atoms with Crippen LogP contribution in [0.3, 0.4) is 0 Å². The average molecular weight is 300 g/mol. The number of amidine groups is 1. The summed E-state index contributed by atoms with van der Waals surface area (Å²) in [6.07, 6.45) is 1.20. The van der Waals surface area contributed by atoms with Crippen LogP contribution in [0.2, 0.25) is 0 Å². The van der Waals surface area contributed by atoms with E-state index in [2.05, 4.69) is 36.3 Å². The maximum atomic E-state index is 8.88. The third-order valence-corrected chi connectivity index (χ3v) is 4.43. The van der Waals surface area contributed by atoms with E-state index >= 15 is 0 Å². The van der Waals surface area contributed by atoms with Gasteiger partial charge in [0.2, 0.25) is 0 Å². The van der Waals surface area contributed by atoms with Crippen molar-refractivity contribution in [3.05, 3.63) is 59.7 Å². The first kappa shape index (κ1) is 15.4. The fourth-order valence-electron chi connectivity index (χ4n) is 2.13. The zero-order valence-corrected chi connectivity index (χ0v) is 12.9. The van der Waals surface area contributed by atoms with Crippen molar-refractivity contribution in [1.82, 2.24) is 0 Å². The first-order valence-electron chi connectivity index (χ1n) is 7.00. The highest BCUT2D eigenvalue weighted by Crippen LogP contribution is 2.25. The van der Waals surface area contributed by atoms with E-state index in [1.165, 1.54) is 17.7 Å². The van der Waals surface area contributed by atoms with Crippen molar-refractivity contribution in [3.8, 4) is 11.1 Å². The Balaban J connectivity index is 2.23. The van der Waals surface area contributed by atoms with Crippen LogP contribution < -0.4 is 5.73 Å². The van der Waals surface area contributed by atoms with E-state index in [1.807, 2.05) is 36.0 Å². The molecule has 0 saturated heterocycles. The molecule has 2 rings (SSSR count). The lowest BCUT2D eigenvalue weighted by atomic mass is 9.98. The van der Waals surface area contributed by atoms with Gasteiger partial charge in [-0.3, -0.25) is 0 Å². The average Bonchev–Trinajstić information content (AvgIpc) is 2.55. The summed E-state index contributed by atoms with van der Waals surface area (Å²) >= 11 is 1.95. The van der Waals surface area contributed by atoms with Crippen molar-refractivity contribution in [2.75, 3.05) is 5.75 Å². The standard InChI is InChI=1S/C17H20N2OS/c1-2-11-21-12-13-7-9-14(10-8-13)15-5-3-4-6-16(15)17(18)19-20/h3-10,20H,2,11-12H2,1H3,(H2,18,19). The van der Waals surface area contributed by atoms with Gasteiger partial charge in [-0.05, 0) is 28.9 Å². The summed E-state index contributed by atoms with van der Waals surface area (Å²) in [6.45, 7) is 2.19. The maximum Gasteiger partial charge on any atom is 0.170 e. The molecule has 0 aliphatic heterocycles. The smallest absolute Gasteiger partial charge is 0.170 e. The van der Waals surface area contributed by atoms with Gasteiger partial charge in [0, 0.05) is 11.3 Å². The van der Waals surface area contributed by atoms with E-state index in [9.17, 15) is 0 Å². The van der Waals surface area contributed by atoms with Gasteiger partial charge in [0.05, 0.1) is 0 Å². The van der Waals surface area contributed by atoms with Crippen molar-refractivity contribution in [2.24, 2.45) is 10.9 Å². The summed E-state index contributed by atoms with van der Waals surface area (Å²) < 4.78 is 0. The van der Waals surface area contributed by atoms with Gasteiger partial charge in [-0.2, -0.15) is 11.8 Å². The first-order valence-corrected chi connectivity index (χ1v) is 8.15. The Morgan fingerprint density at radius 1 is 1.14 bits per heavy atom. The molecule has 2 aromatic carbocycles. The van der Waals surface area contributed by atoms with Gasteiger partial charge in [-0.1, -0.05) is 60.6 Å². The van der Waals surface area contributed by atoms with Crippen LogP contribution in [0.5, 0.6) is 0 Å². The Morgan fingerprint density at radius 3 is 2.52 bits per heavy atom. The lowest BCUT2D eigenvalue weighted by Crippen LogP contribution is -2.14. The van der Waals surface area contributed by atoms with Gasteiger partial charge < -0.3 is 10.9 Å². The minimum atomic E-state index is 0.133. The van der Waals surface area contributed by atoms with E-state index in [1.54, 1.807) is 0 Å². The van der Waals surface area contributed by atoms with Crippen molar-refractivity contribution in [1.29, 1.82) is 0 Å². The Bertz CT molecular complexity index is 608. The molecule has 0 unspecified atom stereocenters. The quantitative estimate of drug-likeness (QED) is 0.278. The van der Waals surface area contributed by atoms with Crippen LogP contribution in [-0.4, -0.2) is 16.8 Å². The summed E-state index contributed by atoms with van der Waals surface area (Å²) in [5, 5.41) is 12.0. The number of hydrogen-bond donors (Lipinski definition) is 2. The summed E-state index contributed by atoms with van der Waals surface area (Å²) in [5.74, 6) is 2.36. The number of nitrogens with zero attached hydrogens (tertiary/aromatic N) is 1. The van der Waals surface area contributed by atoms with E-state index < -0.39 is 0 Å². The Kier molecular flexibility index (Phi) is 5.69. The van der Waals surface area contributed by atoms with Crippen LogP contribution in [-0.2, 0) is 5.75 Å². The predicted molar refractivity (Wildman–Crippen MR) is 90.8 cm³/mol. The van der Waals surface area contributed by atoms with E-state index in [4.69, 9.17) is 10.9 Å². The summed E-state index contributed by atoms with van der Waals surface area (Å²) in [5.41, 5.74) is 9.85. The van der Waals surface area contributed by atoms with Gasteiger partial charge in [0.1, 0.15) is 0 Å². The molecule has 0 saturated carbocycles. The highest BCUT2D eigenvalue weighted by Gasteiger charge is 2.08. The number of benzene rings is 2. The van der Waals surface area contributed by atoms with E-state index in [-0.39, 0.29) is 5.84 Å². The molecule has 0 heterocycles. The number of oxime groups is 1. The maximum absolute atomic E-state index is 8.88. The molecule has 0 radical (unpaired) electrons. The Morgan fingerprint density at radius 2 is 1.86 bits per heavy atom. The number of nitrogens with two attached hydrogens (primary N) is 1. The Labute approximate surface area is 129 Å². The zero-order chi connectivity index (χ0) is 15.1. The molecule has 0 aromatic heterocycles. The molecule has 0 fully saturated rings. The summed E-state index contributed by atoms with van der Waals surface area (Å²) in [4.78, 5) is 0. The minimum Gasteiger partial charge on any atom is -0.409 e. The molecule has 0 amide bonds. The fraction of sp³-hybridized carbons (Fsp3) is 0.235. The van der Waals surface area contributed by atoms with Crippen LogP contribution in [0.1, 0.15) is 24.5 Å². The Hall–Kier alpha value is -1.94. The molecule has 4 heteroatoms. The highest BCUT2D eigenvalue weighted by atomic mass is 32.2. The highest BCUT2D eigenvalue weighted by molar-refractivity contribution is 7.98. The molecule has 0 aliphatic carbocycles. The van der Waals surface area contributed by atoms with Gasteiger partial charge in [0.25, 0.3) is 0 Å². The third-order valence-electron chi connectivity index (χ3n) is 3.19. The molecule has 3 nitrogen and oxygen atoms in total. The topological polar surface area (TPSA) is 58.6 Å². The van der Waals surface area contributed by atoms with Crippen molar-refractivity contribution < 1.29 is 5.21 Å². The van der Waals surface area contributed by atoms with Crippen LogP contribution in [0, 0.1) is 0 Å². The SMILES string of the molecule is CCCSCc1ccc(-c2ccccc2/C(N)=N/O)cc1. The number of hydrogen-bond acceptors (Lipinski definition) is 3. The lowest BCUT2D eigenvalue weighted by molar-refractivity contribution is 0.318. The molecular weight excluding hydrogens is 280 g/mol. The van der Waals surface area contributed by atoms with Crippen LogP contribution in [0.15, 0.2) is 53.7 Å². The molecule has 0 spiro atoms. The van der Waals surface area contributed by atoms with E-state index in [0.717, 1.165) is 22.4 Å². The van der Waals surface area contributed by atoms with Gasteiger partial charge in [-0.25, -0.2) is 0 Å². The molecule has 2 aromatic rings. The second-order valence-electron chi connectivity index (χ2n) is 4.78. The first-order chi connectivity index (χ1) is 10.3. The monoisotopic (exact) mass is 300 g/mol. The largest absolute Gasteiger partial charge is 0.409 e. The lowest BCUT2D eigenvalue weighted by Gasteiger charge is -2.09. The molecule has 0 aliphatic rings.